The van der Waals surface area contributed by atoms with E-state index < -0.39 is 50.2 Å². The van der Waals surface area contributed by atoms with E-state index in [0.717, 1.165) is 22.5 Å². The third kappa shape index (κ3) is 6.06. The number of hydrogen-bond donors (Lipinski definition) is 1. The van der Waals surface area contributed by atoms with Crippen molar-refractivity contribution >= 4 is 21.9 Å². The van der Waals surface area contributed by atoms with Crippen molar-refractivity contribution in [1.82, 2.24) is 14.8 Å². The van der Waals surface area contributed by atoms with Crippen LogP contribution in [0.15, 0.2) is 33.7 Å². The second kappa shape index (κ2) is 9.85. The van der Waals surface area contributed by atoms with Crippen molar-refractivity contribution in [2.45, 2.75) is 70.3 Å². The lowest BCUT2D eigenvalue weighted by Crippen LogP contribution is -2.47. The van der Waals surface area contributed by atoms with Crippen LogP contribution in [0.1, 0.15) is 62.0 Å². The van der Waals surface area contributed by atoms with E-state index in [4.69, 9.17) is 9.26 Å². The number of nitrogens with zero attached hydrogens (tertiary/aromatic N) is 2. The van der Waals surface area contributed by atoms with Gasteiger partial charge in [-0.2, -0.15) is 17.5 Å². The predicted molar refractivity (Wildman–Crippen MR) is 121 cm³/mol. The Bertz CT molecular complexity index is 1250. The Balaban J connectivity index is 1.85. The molecular formula is C23H28F3N3O6S. The van der Waals surface area contributed by atoms with Gasteiger partial charge in [0, 0.05) is 25.1 Å². The van der Waals surface area contributed by atoms with E-state index in [9.17, 15) is 31.2 Å². The number of nitrogens with one attached hydrogen (secondary N) is 1. The number of benzene rings is 1. The van der Waals surface area contributed by atoms with E-state index >= 15 is 0 Å². The van der Waals surface area contributed by atoms with Crippen LogP contribution in [0.4, 0.5) is 13.2 Å². The van der Waals surface area contributed by atoms with Crippen LogP contribution >= 0.6 is 0 Å². The Morgan fingerprint density at radius 1 is 1.19 bits per heavy atom. The molecule has 0 saturated carbocycles. The summed E-state index contributed by atoms with van der Waals surface area (Å²) in [6, 6.07) is 2.45. The van der Waals surface area contributed by atoms with Crippen LogP contribution in [0.25, 0.3) is 0 Å². The standard InChI is InChI=1S/C23H28F3N3O6S/c1-13(2)18(21(31)34-22(3,4)5)27-20(30)19-16-12-29(10-9-17(16)35-28-19)36(32,33)15-8-6-7-14(11-15)23(24,25)26/h6-8,11,13,18H,9-10,12H2,1-5H3,(H,27,30). The van der Waals surface area contributed by atoms with Crippen LogP contribution in [0, 0.1) is 5.92 Å². The molecule has 1 aliphatic rings. The number of carbonyl (C=O) groups excluding carboxylic acids is 2. The van der Waals surface area contributed by atoms with Gasteiger partial charge in [0.1, 0.15) is 17.4 Å². The fraction of sp³-hybridized carbons (Fsp3) is 0.522. The number of rotatable bonds is 6. The van der Waals surface area contributed by atoms with E-state index in [1.165, 1.54) is 0 Å². The average Bonchev–Trinajstić information content (AvgIpc) is 3.18. The second-order valence-electron chi connectivity index (χ2n) is 9.78. The maximum atomic E-state index is 13.1. The molecule has 1 amide bonds. The molecule has 2 aromatic rings. The number of amides is 1. The normalized spacial score (nSPS) is 15.9. The highest BCUT2D eigenvalue weighted by Crippen LogP contribution is 2.32. The van der Waals surface area contributed by atoms with Gasteiger partial charge in [-0.25, -0.2) is 13.2 Å². The van der Waals surface area contributed by atoms with Crippen LogP contribution in [-0.4, -0.2) is 47.9 Å². The van der Waals surface area contributed by atoms with Crippen molar-refractivity contribution in [2.24, 2.45) is 5.92 Å². The minimum atomic E-state index is -4.71. The van der Waals surface area contributed by atoms with Gasteiger partial charge in [-0.3, -0.25) is 4.79 Å². The van der Waals surface area contributed by atoms with Crippen LogP contribution < -0.4 is 5.32 Å². The lowest BCUT2D eigenvalue weighted by atomic mass is 10.0. The highest BCUT2D eigenvalue weighted by atomic mass is 32.2. The van der Waals surface area contributed by atoms with Crippen molar-refractivity contribution in [3.63, 3.8) is 0 Å². The van der Waals surface area contributed by atoms with E-state index in [1.54, 1.807) is 34.6 Å². The molecule has 0 spiro atoms. The van der Waals surface area contributed by atoms with Crippen molar-refractivity contribution in [3.05, 3.63) is 46.8 Å². The maximum absolute atomic E-state index is 13.1. The van der Waals surface area contributed by atoms with E-state index in [0.29, 0.717) is 6.07 Å². The van der Waals surface area contributed by atoms with Crippen LogP contribution in [0.2, 0.25) is 0 Å². The maximum Gasteiger partial charge on any atom is 0.416 e. The van der Waals surface area contributed by atoms with Gasteiger partial charge in [-0.15, -0.1) is 0 Å². The third-order valence-corrected chi connectivity index (χ3v) is 7.26. The summed E-state index contributed by atoms with van der Waals surface area (Å²) in [7, 11) is -4.32. The molecule has 1 atom stereocenters. The van der Waals surface area contributed by atoms with Gasteiger partial charge in [0.15, 0.2) is 5.69 Å². The van der Waals surface area contributed by atoms with Gasteiger partial charge < -0.3 is 14.6 Å². The number of aromatic nitrogens is 1. The zero-order valence-corrected chi connectivity index (χ0v) is 21.3. The first kappa shape index (κ1) is 27.7. The topological polar surface area (TPSA) is 119 Å². The number of ether oxygens (including phenoxy) is 1. The summed E-state index contributed by atoms with van der Waals surface area (Å²) in [6.45, 7) is 8.10. The molecule has 0 radical (unpaired) electrons. The Labute approximate surface area is 207 Å². The average molecular weight is 532 g/mol. The molecule has 1 N–H and O–H groups in total. The molecule has 1 unspecified atom stereocenters. The quantitative estimate of drug-likeness (QED) is 0.567. The second-order valence-corrected chi connectivity index (χ2v) is 11.7. The molecule has 13 heteroatoms. The number of esters is 1. The first-order valence-corrected chi connectivity index (χ1v) is 12.6. The Morgan fingerprint density at radius 2 is 1.86 bits per heavy atom. The first-order valence-electron chi connectivity index (χ1n) is 11.2. The zero-order chi connectivity index (χ0) is 27.1. The molecule has 1 aromatic heterocycles. The molecule has 0 fully saturated rings. The number of fused-ring (bicyclic) bond motifs is 1. The number of carbonyl (C=O) groups is 2. The molecule has 9 nitrogen and oxygen atoms in total. The number of halogens is 3. The Morgan fingerprint density at radius 3 is 2.44 bits per heavy atom. The smallest absolute Gasteiger partial charge is 0.416 e. The van der Waals surface area contributed by atoms with Crippen molar-refractivity contribution in [1.29, 1.82) is 0 Å². The van der Waals surface area contributed by atoms with Gasteiger partial charge in [0.25, 0.3) is 5.91 Å². The number of alkyl halides is 3. The monoisotopic (exact) mass is 531 g/mol. The molecule has 0 aliphatic carbocycles. The van der Waals surface area contributed by atoms with E-state index in [1.807, 2.05) is 0 Å². The highest BCUT2D eigenvalue weighted by molar-refractivity contribution is 7.89. The minimum absolute atomic E-state index is 0.0630. The molecule has 1 aliphatic heterocycles. The molecule has 3 rings (SSSR count). The zero-order valence-electron chi connectivity index (χ0n) is 20.5. The van der Waals surface area contributed by atoms with Gasteiger partial charge in [-0.1, -0.05) is 25.1 Å². The van der Waals surface area contributed by atoms with Crippen molar-refractivity contribution in [2.75, 3.05) is 6.54 Å². The highest BCUT2D eigenvalue weighted by Gasteiger charge is 2.37. The summed E-state index contributed by atoms with van der Waals surface area (Å²) in [5.74, 6) is -1.45. The molecule has 198 valence electrons. The molecule has 1 aromatic carbocycles. The van der Waals surface area contributed by atoms with Crippen LogP contribution in [-0.2, 0) is 38.7 Å². The van der Waals surface area contributed by atoms with Gasteiger partial charge >= 0.3 is 12.1 Å². The number of sulfonamides is 1. The fourth-order valence-electron chi connectivity index (χ4n) is 3.62. The third-order valence-electron chi connectivity index (χ3n) is 5.42. The largest absolute Gasteiger partial charge is 0.458 e. The van der Waals surface area contributed by atoms with Gasteiger partial charge in [0.05, 0.1) is 10.5 Å². The van der Waals surface area contributed by atoms with Crippen LogP contribution in [0.5, 0.6) is 0 Å². The summed E-state index contributed by atoms with van der Waals surface area (Å²) >= 11 is 0. The van der Waals surface area contributed by atoms with Gasteiger partial charge in [-0.05, 0) is 44.9 Å². The lowest BCUT2D eigenvalue weighted by Gasteiger charge is -2.27. The van der Waals surface area contributed by atoms with Crippen molar-refractivity contribution in [3.8, 4) is 0 Å². The van der Waals surface area contributed by atoms with E-state index in [2.05, 4.69) is 10.5 Å². The first-order chi connectivity index (χ1) is 16.5. The lowest BCUT2D eigenvalue weighted by molar-refractivity contribution is -0.158. The van der Waals surface area contributed by atoms with Crippen molar-refractivity contribution < 1.29 is 40.4 Å². The predicted octanol–water partition coefficient (Wildman–Crippen LogP) is 3.54. The Kier molecular flexibility index (Phi) is 7.56. The molecule has 0 saturated heterocycles. The fourth-order valence-corrected chi connectivity index (χ4v) is 5.08. The Hall–Kier alpha value is -2.93. The van der Waals surface area contributed by atoms with E-state index in [-0.39, 0.29) is 42.4 Å². The summed E-state index contributed by atoms with van der Waals surface area (Å²) in [6.07, 6.45) is -4.64. The SMILES string of the molecule is CC(C)C(NC(=O)c1noc2c1CN(S(=O)(=O)c1cccc(C(F)(F)F)c1)CC2)C(=O)OC(C)(C)C. The summed E-state index contributed by atoms with van der Waals surface area (Å²) in [4.78, 5) is 25.1. The summed E-state index contributed by atoms with van der Waals surface area (Å²) in [5, 5.41) is 6.34. The molecule has 36 heavy (non-hydrogen) atoms. The van der Waals surface area contributed by atoms with Crippen LogP contribution in [0.3, 0.4) is 0 Å². The molecule has 2 heterocycles. The summed E-state index contributed by atoms with van der Waals surface area (Å²) in [5.41, 5.74) is -1.89. The van der Waals surface area contributed by atoms with Gasteiger partial charge in [0.2, 0.25) is 10.0 Å². The number of hydrogen-bond acceptors (Lipinski definition) is 7. The molecule has 0 bridgehead atoms. The minimum Gasteiger partial charge on any atom is -0.458 e. The summed E-state index contributed by atoms with van der Waals surface area (Å²) < 4.78 is 77.1. The molecular weight excluding hydrogens is 503 g/mol.